The Morgan fingerprint density at radius 3 is 2.29 bits per heavy atom. The van der Waals surface area contributed by atoms with Gasteiger partial charge in [0.15, 0.2) is 0 Å². The molecule has 0 aliphatic heterocycles. The predicted molar refractivity (Wildman–Crippen MR) is 92.5 cm³/mol. The van der Waals surface area contributed by atoms with Crippen LogP contribution in [0.15, 0.2) is 48.5 Å². The second-order valence-electron chi connectivity index (χ2n) is 5.87. The van der Waals surface area contributed by atoms with Gasteiger partial charge < -0.3 is 15.2 Å². The highest BCUT2D eigenvalue weighted by Crippen LogP contribution is 2.44. The number of hydrogen-bond donors (Lipinski definition) is 2. The fraction of sp³-hybridized carbons (Fsp3) is 0.250. The SMILES string of the molecule is C#CC(O)[C@H](C)NC(=O)OCC1c2ccccc2-c2ccccc21. The number of nitrogens with one attached hydrogen (secondary N) is 1. The van der Waals surface area contributed by atoms with Crippen LogP contribution in [0.1, 0.15) is 24.0 Å². The summed E-state index contributed by atoms with van der Waals surface area (Å²) in [5.41, 5.74) is 4.67. The van der Waals surface area contributed by atoms with E-state index in [1.807, 2.05) is 24.3 Å². The minimum absolute atomic E-state index is 0.0102. The molecule has 24 heavy (non-hydrogen) atoms. The average Bonchev–Trinajstić information content (AvgIpc) is 2.93. The van der Waals surface area contributed by atoms with E-state index in [2.05, 4.69) is 35.5 Å². The van der Waals surface area contributed by atoms with Gasteiger partial charge >= 0.3 is 6.09 Å². The van der Waals surface area contributed by atoms with Gasteiger partial charge in [-0.15, -0.1) is 6.42 Å². The van der Waals surface area contributed by atoms with Crippen LogP contribution in [0.25, 0.3) is 11.1 Å². The molecule has 0 saturated carbocycles. The molecule has 0 fully saturated rings. The van der Waals surface area contributed by atoms with Crippen LogP contribution < -0.4 is 5.32 Å². The van der Waals surface area contributed by atoms with Crippen molar-refractivity contribution in [3.8, 4) is 23.5 Å². The molecule has 2 atom stereocenters. The number of carbonyl (C=O) groups excluding carboxylic acids is 1. The van der Waals surface area contributed by atoms with Crippen molar-refractivity contribution in [1.29, 1.82) is 0 Å². The number of carbonyl (C=O) groups is 1. The van der Waals surface area contributed by atoms with Crippen molar-refractivity contribution in [2.75, 3.05) is 6.61 Å². The Hall–Kier alpha value is -2.77. The molecule has 1 aliphatic rings. The summed E-state index contributed by atoms with van der Waals surface area (Å²) in [7, 11) is 0. The third kappa shape index (κ3) is 2.99. The molecule has 4 heteroatoms. The van der Waals surface area contributed by atoms with Crippen molar-refractivity contribution in [3.05, 3.63) is 59.7 Å². The summed E-state index contributed by atoms with van der Waals surface area (Å²) >= 11 is 0. The molecule has 0 radical (unpaired) electrons. The van der Waals surface area contributed by atoms with Gasteiger partial charge in [0, 0.05) is 5.92 Å². The lowest BCUT2D eigenvalue weighted by atomic mass is 9.98. The standard InChI is InChI=1S/C20H19NO3/c1-3-19(22)13(2)21-20(23)24-12-18-16-10-6-4-8-14(16)15-9-5-7-11-17(15)18/h1,4-11,13,18-19,22H,12H2,2H3,(H,21,23)/t13-,19?/m0/s1. The zero-order valence-corrected chi connectivity index (χ0v) is 13.4. The van der Waals surface area contributed by atoms with Crippen LogP contribution in [-0.2, 0) is 4.74 Å². The van der Waals surface area contributed by atoms with Gasteiger partial charge in [0.25, 0.3) is 0 Å². The quantitative estimate of drug-likeness (QED) is 0.851. The number of hydrogen-bond acceptors (Lipinski definition) is 3. The lowest BCUT2D eigenvalue weighted by Crippen LogP contribution is -2.41. The molecule has 1 amide bonds. The number of amides is 1. The highest BCUT2D eigenvalue weighted by Gasteiger charge is 2.29. The van der Waals surface area contributed by atoms with Crippen LogP contribution >= 0.6 is 0 Å². The molecule has 122 valence electrons. The number of terminal acetylenes is 1. The Morgan fingerprint density at radius 2 is 1.75 bits per heavy atom. The van der Waals surface area contributed by atoms with E-state index < -0.39 is 18.2 Å². The number of aliphatic hydroxyl groups excluding tert-OH is 1. The molecule has 0 heterocycles. The van der Waals surface area contributed by atoms with Crippen molar-refractivity contribution >= 4 is 6.09 Å². The zero-order valence-electron chi connectivity index (χ0n) is 13.4. The largest absolute Gasteiger partial charge is 0.449 e. The second kappa shape index (κ2) is 6.77. The maximum atomic E-state index is 11.9. The third-order valence-corrected chi connectivity index (χ3v) is 4.33. The smallest absolute Gasteiger partial charge is 0.407 e. The number of aliphatic hydroxyl groups is 1. The van der Waals surface area contributed by atoms with Crippen LogP contribution in [0, 0.1) is 12.3 Å². The number of benzene rings is 2. The fourth-order valence-electron chi connectivity index (χ4n) is 3.05. The van der Waals surface area contributed by atoms with E-state index in [0.29, 0.717) is 0 Å². The van der Waals surface area contributed by atoms with Crippen LogP contribution in [0.5, 0.6) is 0 Å². The lowest BCUT2D eigenvalue weighted by Gasteiger charge is -2.18. The Morgan fingerprint density at radius 1 is 1.21 bits per heavy atom. The van der Waals surface area contributed by atoms with Gasteiger partial charge in [-0.3, -0.25) is 0 Å². The van der Waals surface area contributed by atoms with Crippen molar-refractivity contribution in [2.45, 2.75) is 25.0 Å². The van der Waals surface area contributed by atoms with Crippen LogP contribution in [0.2, 0.25) is 0 Å². The molecule has 2 aromatic carbocycles. The molecule has 1 aliphatic carbocycles. The van der Waals surface area contributed by atoms with E-state index in [4.69, 9.17) is 11.2 Å². The van der Waals surface area contributed by atoms with E-state index in [-0.39, 0.29) is 12.5 Å². The summed E-state index contributed by atoms with van der Waals surface area (Å²) in [6.45, 7) is 1.87. The van der Waals surface area contributed by atoms with E-state index >= 15 is 0 Å². The van der Waals surface area contributed by atoms with Gasteiger partial charge in [-0.1, -0.05) is 54.5 Å². The van der Waals surface area contributed by atoms with E-state index in [9.17, 15) is 9.90 Å². The van der Waals surface area contributed by atoms with Gasteiger partial charge in [0.1, 0.15) is 12.7 Å². The second-order valence-corrected chi connectivity index (χ2v) is 5.87. The molecule has 2 aromatic rings. The van der Waals surface area contributed by atoms with Crippen molar-refractivity contribution in [3.63, 3.8) is 0 Å². The summed E-state index contributed by atoms with van der Waals surface area (Å²) in [5.74, 6) is 2.19. The number of alkyl carbamates (subject to hydrolysis) is 1. The van der Waals surface area contributed by atoms with Gasteiger partial charge in [-0.25, -0.2) is 4.79 Å². The Kier molecular flexibility index (Phi) is 4.54. The van der Waals surface area contributed by atoms with Crippen molar-refractivity contribution in [1.82, 2.24) is 5.32 Å². The average molecular weight is 321 g/mol. The third-order valence-electron chi connectivity index (χ3n) is 4.33. The normalized spacial score (nSPS) is 14.9. The Labute approximate surface area is 141 Å². The van der Waals surface area contributed by atoms with E-state index in [1.54, 1.807) is 6.92 Å². The first kappa shape index (κ1) is 16.1. The van der Waals surface area contributed by atoms with Gasteiger partial charge in [0.05, 0.1) is 6.04 Å². The summed E-state index contributed by atoms with van der Waals surface area (Å²) in [5, 5.41) is 12.1. The van der Waals surface area contributed by atoms with Crippen LogP contribution in [-0.4, -0.2) is 30.0 Å². The maximum Gasteiger partial charge on any atom is 0.407 e. The van der Waals surface area contributed by atoms with Gasteiger partial charge in [-0.2, -0.15) is 0 Å². The fourth-order valence-corrected chi connectivity index (χ4v) is 3.05. The first-order valence-corrected chi connectivity index (χ1v) is 7.87. The topological polar surface area (TPSA) is 58.6 Å². The number of fused-ring (bicyclic) bond motifs is 3. The van der Waals surface area contributed by atoms with E-state index in [0.717, 1.165) is 11.1 Å². The summed E-state index contributed by atoms with van der Waals surface area (Å²) < 4.78 is 5.38. The Balaban J connectivity index is 1.72. The summed E-state index contributed by atoms with van der Waals surface area (Å²) in [4.78, 5) is 11.9. The zero-order chi connectivity index (χ0) is 17.1. The summed E-state index contributed by atoms with van der Waals surface area (Å²) in [6, 6.07) is 15.7. The van der Waals surface area contributed by atoms with Gasteiger partial charge in [0.2, 0.25) is 0 Å². The summed E-state index contributed by atoms with van der Waals surface area (Å²) in [6.07, 6.45) is 3.52. The lowest BCUT2D eigenvalue weighted by molar-refractivity contribution is 0.126. The van der Waals surface area contributed by atoms with Gasteiger partial charge in [-0.05, 0) is 29.2 Å². The van der Waals surface area contributed by atoms with Crippen LogP contribution in [0.3, 0.4) is 0 Å². The minimum atomic E-state index is -1.04. The molecule has 1 unspecified atom stereocenters. The number of rotatable bonds is 4. The minimum Gasteiger partial charge on any atom is -0.449 e. The monoisotopic (exact) mass is 321 g/mol. The molecule has 0 spiro atoms. The van der Waals surface area contributed by atoms with Crippen molar-refractivity contribution in [2.24, 2.45) is 0 Å². The molecule has 4 nitrogen and oxygen atoms in total. The predicted octanol–water partition coefficient (Wildman–Crippen LogP) is 2.91. The molecule has 0 saturated heterocycles. The van der Waals surface area contributed by atoms with Crippen molar-refractivity contribution < 1.29 is 14.6 Å². The molecule has 0 aromatic heterocycles. The molecule has 0 bridgehead atoms. The first-order valence-electron chi connectivity index (χ1n) is 7.87. The molecule has 3 rings (SSSR count). The Bertz CT molecular complexity index is 748. The van der Waals surface area contributed by atoms with Crippen LogP contribution in [0.4, 0.5) is 4.79 Å². The molecular weight excluding hydrogens is 302 g/mol. The highest BCUT2D eigenvalue weighted by molar-refractivity contribution is 5.79. The first-order chi connectivity index (χ1) is 11.6. The maximum absolute atomic E-state index is 11.9. The number of ether oxygens (including phenoxy) is 1. The van der Waals surface area contributed by atoms with E-state index in [1.165, 1.54) is 11.1 Å². The molecular formula is C20H19NO3. The highest BCUT2D eigenvalue weighted by atomic mass is 16.5. The molecule has 2 N–H and O–H groups in total.